The molecule has 0 N–H and O–H groups in total. The van der Waals surface area contributed by atoms with Crippen LogP contribution in [0.3, 0.4) is 0 Å². The summed E-state index contributed by atoms with van der Waals surface area (Å²) in [6.45, 7) is 20.0. The summed E-state index contributed by atoms with van der Waals surface area (Å²) in [7, 11) is 1.21. The molecule has 16 heteroatoms. The van der Waals surface area contributed by atoms with E-state index in [2.05, 4.69) is 57.5 Å². The molecular weight excluding hydrogens is 887 g/mol. The van der Waals surface area contributed by atoms with E-state index in [1.165, 1.54) is 0 Å². The van der Waals surface area contributed by atoms with Gasteiger partial charge in [0.2, 0.25) is 0 Å². The van der Waals surface area contributed by atoms with Gasteiger partial charge in [-0.2, -0.15) is 0 Å². The lowest BCUT2D eigenvalue weighted by atomic mass is 9.84. The van der Waals surface area contributed by atoms with Crippen molar-refractivity contribution < 1.29 is 65.1 Å². The monoisotopic (exact) mass is 952 g/mol. The highest BCUT2D eigenvalue weighted by molar-refractivity contribution is 9.09. The quantitative estimate of drug-likeness (QED) is 0.0278. The smallest absolute Gasteiger partial charge is 0.453 e. The third-order valence-corrected chi connectivity index (χ3v) is 10.7. The van der Waals surface area contributed by atoms with Gasteiger partial charge in [-0.3, -0.25) is 4.79 Å². The van der Waals surface area contributed by atoms with Crippen LogP contribution >= 0.6 is 24.2 Å². The molecule has 0 saturated heterocycles. The Kier molecular flexibility index (Phi) is 22.6. The third-order valence-electron chi connectivity index (χ3n) is 9.16. The summed E-state index contributed by atoms with van der Waals surface area (Å²) in [6, 6.07) is 15.0. The lowest BCUT2D eigenvalue weighted by Gasteiger charge is -2.22. The van der Waals surface area contributed by atoms with Crippen molar-refractivity contribution in [2.45, 2.75) is 52.4 Å². The van der Waals surface area contributed by atoms with E-state index < -0.39 is 19.1 Å². The zero-order valence-corrected chi connectivity index (χ0v) is 40.2. The fourth-order valence-electron chi connectivity index (χ4n) is 5.98. The first-order chi connectivity index (χ1) is 29.8. The number of methoxy groups -OCH3 is 2. The van der Waals surface area contributed by atoms with Crippen LogP contribution in [0.4, 0.5) is 0 Å². The van der Waals surface area contributed by atoms with Gasteiger partial charge in [0.05, 0.1) is 97.8 Å². The molecule has 1 heterocycles. The maximum atomic E-state index is 12.6. The Hall–Kier alpha value is -3.21. The van der Waals surface area contributed by atoms with Crippen molar-refractivity contribution in [2.24, 2.45) is 0 Å². The molecule has 0 aliphatic carbocycles. The molecule has 0 aliphatic rings. The number of fused-ring (bicyclic) bond motifs is 3. The largest absolute Gasteiger partial charge is 0.491 e. The van der Waals surface area contributed by atoms with Crippen LogP contribution in [0.5, 0.6) is 17.2 Å². The van der Waals surface area contributed by atoms with Crippen LogP contribution in [0.15, 0.2) is 56.9 Å². The molecule has 62 heavy (non-hydrogen) atoms. The number of carbonyl (C=O) groups is 1. The maximum absolute atomic E-state index is 12.6. The van der Waals surface area contributed by atoms with Crippen molar-refractivity contribution in [3.05, 3.63) is 65.2 Å². The number of ether oxygens (including phenoxy) is 10. The predicted octanol–water partition coefficient (Wildman–Crippen LogP) is 9.45. The minimum Gasteiger partial charge on any atom is -0.491 e. The van der Waals surface area contributed by atoms with Gasteiger partial charge in [0, 0.05) is 41.7 Å². The molecule has 0 aliphatic heterocycles. The average molecular weight is 954 g/mol. The summed E-state index contributed by atoms with van der Waals surface area (Å²) in [5, 5.41) is 1.71. The van der Waals surface area contributed by atoms with Crippen molar-refractivity contribution >= 4 is 51.9 Å². The lowest BCUT2D eigenvalue weighted by Crippen LogP contribution is -2.15. The molecule has 0 spiro atoms. The second kappa shape index (κ2) is 27.2. The minimum atomic E-state index is -2.08. The van der Waals surface area contributed by atoms with Gasteiger partial charge >= 0.3 is 8.24 Å². The minimum absolute atomic E-state index is 0.0665. The van der Waals surface area contributed by atoms with E-state index >= 15 is 0 Å². The number of benzene rings is 3. The van der Waals surface area contributed by atoms with E-state index in [9.17, 15) is 4.79 Å². The maximum Gasteiger partial charge on any atom is 0.453 e. The second-order valence-corrected chi connectivity index (χ2v) is 17.7. The normalized spacial score (nSPS) is 12.0. The molecule has 1 aromatic heterocycles. The number of Topliss-reactive ketones (excluding diaryl/α,β-unsaturated/α-hetero) is 1. The highest BCUT2D eigenvalue weighted by atomic mass is 79.9. The fraction of sp³-hybridized carbons (Fsp3) is 0.587. The zero-order chi connectivity index (χ0) is 44.8. The van der Waals surface area contributed by atoms with Crippen LogP contribution in [0.25, 0.3) is 21.9 Å². The number of carbonyl (C=O) groups excluding carboxylic acids is 1. The van der Waals surface area contributed by atoms with E-state index in [4.69, 9.17) is 60.3 Å². The van der Waals surface area contributed by atoms with Crippen LogP contribution < -0.4 is 14.0 Å². The Morgan fingerprint density at radius 3 is 1.29 bits per heavy atom. The van der Waals surface area contributed by atoms with Gasteiger partial charge in [0.25, 0.3) is 0 Å². The molecule has 0 bridgehead atoms. The summed E-state index contributed by atoms with van der Waals surface area (Å²) >= 11 is 3.28. The van der Waals surface area contributed by atoms with Gasteiger partial charge in [0.1, 0.15) is 41.6 Å². The molecule has 0 amide bonds. The van der Waals surface area contributed by atoms with E-state index in [1.54, 1.807) is 38.5 Å². The first-order valence-electron chi connectivity index (χ1n) is 21.0. The molecule has 0 fully saturated rings. The molecular formula is C46H66BrO14P. The Balaban J connectivity index is 1.65. The summed E-state index contributed by atoms with van der Waals surface area (Å²) < 4.78 is 76.5. The number of hydrogen-bond donors (Lipinski definition) is 0. The molecule has 14 nitrogen and oxygen atoms in total. The molecule has 4 aromatic rings. The SMILES string of the molecule is COCCOCCOCCOCCOc1cc(C(C)(C)C)c2op(Oc3cccc(C(=O)CBr)c3)oc3c(C(C)(C)C)cc(OCCOCCOCCOCCOC)cc3c2c1. The van der Waals surface area contributed by atoms with Crippen LogP contribution in [0.2, 0.25) is 0 Å². The third kappa shape index (κ3) is 17.4. The molecule has 0 saturated carbocycles. The molecule has 4 rings (SSSR count). The second-order valence-electron chi connectivity index (χ2n) is 16.1. The van der Waals surface area contributed by atoms with Gasteiger partial charge in [-0.05, 0) is 47.2 Å². The van der Waals surface area contributed by atoms with E-state index in [-0.39, 0.29) is 11.1 Å². The summed E-state index contributed by atoms with van der Waals surface area (Å²) in [5.41, 5.74) is 2.72. The molecule has 0 radical (unpaired) electrons. The number of alkyl halides is 1. The Labute approximate surface area is 375 Å². The Morgan fingerprint density at radius 1 is 0.532 bits per heavy atom. The van der Waals surface area contributed by atoms with E-state index in [0.717, 1.165) is 21.9 Å². The van der Waals surface area contributed by atoms with Crippen molar-refractivity contribution in [2.75, 3.05) is 125 Å². The van der Waals surface area contributed by atoms with Gasteiger partial charge in [0.15, 0.2) is 5.78 Å². The van der Waals surface area contributed by atoms with Crippen LogP contribution in [-0.4, -0.2) is 131 Å². The molecule has 0 atom stereocenters. The average Bonchev–Trinajstić information content (AvgIpc) is 3.39. The predicted molar refractivity (Wildman–Crippen MR) is 244 cm³/mol. The number of rotatable bonds is 30. The van der Waals surface area contributed by atoms with E-state index in [0.29, 0.717) is 140 Å². The number of halogens is 1. The molecule has 0 unspecified atom stereocenters. The lowest BCUT2D eigenvalue weighted by molar-refractivity contribution is 0.000161. The molecule has 346 valence electrons. The van der Waals surface area contributed by atoms with Crippen LogP contribution in [0, 0.1) is 0 Å². The number of hydrogen-bond acceptors (Lipinski definition) is 14. The summed E-state index contributed by atoms with van der Waals surface area (Å²) in [5.74, 6) is 1.67. The van der Waals surface area contributed by atoms with Gasteiger partial charge < -0.3 is 60.3 Å². The highest BCUT2D eigenvalue weighted by Crippen LogP contribution is 2.45. The standard InChI is InChI=1S/C46H66BrO14P/c1-45(2,3)40-31-36(57-26-24-55-22-20-53-18-16-51-14-12-49-7)29-38-39-30-37(58-27-25-56-23-21-54-19-17-52-15-13-50-8)32-41(46(4,5)6)44(39)61-62(60-43(38)40)59-35-11-9-10-34(28-35)42(48)33-47/h9-11,28-32H,12-27,33H2,1-8H3. The first kappa shape index (κ1) is 51.4. The fourth-order valence-corrected chi connectivity index (χ4v) is 7.39. The van der Waals surface area contributed by atoms with Crippen LogP contribution in [-0.2, 0) is 48.7 Å². The Morgan fingerprint density at radius 2 is 0.919 bits per heavy atom. The van der Waals surface area contributed by atoms with E-state index in [1.807, 2.05) is 24.3 Å². The van der Waals surface area contributed by atoms with Crippen molar-refractivity contribution in [3.8, 4) is 17.2 Å². The first-order valence-corrected chi connectivity index (χ1v) is 23.2. The van der Waals surface area contributed by atoms with Gasteiger partial charge in [-0.1, -0.05) is 69.6 Å². The van der Waals surface area contributed by atoms with Gasteiger partial charge in [-0.15, -0.1) is 0 Å². The van der Waals surface area contributed by atoms with Crippen molar-refractivity contribution in [1.82, 2.24) is 0 Å². The molecule has 3 aromatic carbocycles. The zero-order valence-electron chi connectivity index (χ0n) is 37.7. The van der Waals surface area contributed by atoms with Crippen molar-refractivity contribution in [3.63, 3.8) is 0 Å². The van der Waals surface area contributed by atoms with Crippen molar-refractivity contribution in [1.29, 1.82) is 0 Å². The summed E-state index contributed by atoms with van der Waals surface area (Å²) in [4.78, 5) is 12.6. The number of ketones is 1. The Bertz CT molecular complexity index is 1870. The highest BCUT2D eigenvalue weighted by Gasteiger charge is 2.26. The topological polar surface area (TPSA) is 145 Å². The van der Waals surface area contributed by atoms with Crippen LogP contribution in [0.1, 0.15) is 63.0 Å². The summed E-state index contributed by atoms with van der Waals surface area (Å²) in [6.07, 6.45) is 0. The van der Waals surface area contributed by atoms with Gasteiger partial charge in [-0.25, -0.2) is 0 Å².